The van der Waals surface area contributed by atoms with Crippen molar-refractivity contribution in [3.05, 3.63) is 29.8 Å². The molecular formula is C12H17N3O3S. The Morgan fingerprint density at radius 3 is 2.58 bits per heavy atom. The normalized spacial score (nSPS) is 10.6. The SMILES string of the molecule is COCCNS(=O)(=O)Nc1ccc(C#CCN)cc1. The highest BCUT2D eigenvalue weighted by Gasteiger charge is 2.08. The molecule has 0 saturated heterocycles. The summed E-state index contributed by atoms with van der Waals surface area (Å²) in [5.41, 5.74) is 6.50. The molecule has 0 amide bonds. The molecule has 0 heterocycles. The zero-order valence-electron chi connectivity index (χ0n) is 10.6. The van der Waals surface area contributed by atoms with Crippen molar-refractivity contribution in [2.45, 2.75) is 0 Å². The first-order chi connectivity index (χ1) is 9.07. The third kappa shape index (κ3) is 6.22. The van der Waals surface area contributed by atoms with Gasteiger partial charge in [-0.3, -0.25) is 4.72 Å². The Kier molecular flexibility index (Phi) is 6.32. The van der Waals surface area contributed by atoms with Crippen LogP contribution in [0, 0.1) is 11.8 Å². The summed E-state index contributed by atoms with van der Waals surface area (Å²) in [6.07, 6.45) is 0. The maximum Gasteiger partial charge on any atom is 0.299 e. The number of nitrogens with one attached hydrogen (secondary N) is 2. The summed E-state index contributed by atoms with van der Waals surface area (Å²) in [7, 11) is -2.07. The molecule has 0 radical (unpaired) electrons. The lowest BCUT2D eigenvalue weighted by atomic mass is 10.2. The van der Waals surface area contributed by atoms with Crippen molar-refractivity contribution in [3.8, 4) is 11.8 Å². The van der Waals surface area contributed by atoms with Crippen LogP contribution in [0.4, 0.5) is 5.69 Å². The Hall–Kier alpha value is -1.59. The fourth-order valence-corrected chi connectivity index (χ4v) is 2.11. The largest absolute Gasteiger partial charge is 0.383 e. The first-order valence-electron chi connectivity index (χ1n) is 5.63. The number of hydrogen-bond acceptors (Lipinski definition) is 4. The van der Waals surface area contributed by atoms with Gasteiger partial charge in [0.1, 0.15) is 0 Å². The van der Waals surface area contributed by atoms with E-state index in [0.29, 0.717) is 12.3 Å². The molecule has 0 unspecified atom stereocenters. The number of methoxy groups -OCH3 is 1. The van der Waals surface area contributed by atoms with E-state index in [-0.39, 0.29) is 13.1 Å². The third-order valence-electron chi connectivity index (χ3n) is 2.07. The highest BCUT2D eigenvalue weighted by Crippen LogP contribution is 2.09. The minimum Gasteiger partial charge on any atom is -0.383 e. The number of hydrogen-bond donors (Lipinski definition) is 3. The second-order valence-corrected chi connectivity index (χ2v) is 5.08. The van der Waals surface area contributed by atoms with Crippen LogP contribution in [0.1, 0.15) is 5.56 Å². The van der Waals surface area contributed by atoms with Crippen LogP contribution >= 0.6 is 0 Å². The maximum absolute atomic E-state index is 11.6. The van der Waals surface area contributed by atoms with Gasteiger partial charge in [-0.25, -0.2) is 0 Å². The Morgan fingerprint density at radius 2 is 2.00 bits per heavy atom. The molecule has 19 heavy (non-hydrogen) atoms. The molecule has 0 aliphatic rings. The van der Waals surface area contributed by atoms with E-state index >= 15 is 0 Å². The van der Waals surface area contributed by atoms with Crippen molar-refractivity contribution >= 4 is 15.9 Å². The molecule has 0 spiro atoms. The predicted molar refractivity (Wildman–Crippen MR) is 74.8 cm³/mol. The van der Waals surface area contributed by atoms with Crippen molar-refractivity contribution in [2.75, 3.05) is 31.5 Å². The maximum atomic E-state index is 11.6. The van der Waals surface area contributed by atoms with Crippen molar-refractivity contribution in [1.82, 2.24) is 4.72 Å². The lowest BCUT2D eigenvalue weighted by molar-refractivity contribution is 0.204. The van der Waals surface area contributed by atoms with Gasteiger partial charge in [0.25, 0.3) is 10.2 Å². The lowest BCUT2D eigenvalue weighted by Crippen LogP contribution is -2.32. The summed E-state index contributed by atoms with van der Waals surface area (Å²) in [5.74, 6) is 5.57. The highest BCUT2D eigenvalue weighted by atomic mass is 32.2. The molecule has 1 aromatic carbocycles. The van der Waals surface area contributed by atoms with Crippen molar-refractivity contribution in [2.24, 2.45) is 5.73 Å². The Bertz CT molecular complexity index is 544. The van der Waals surface area contributed by atoms with Gasteiger partial charge in [0.05, 0.1) is 13.2 Å². The fourth-order valence-electron chi connectivity index (χ4n) is 1.24. The van der Waals surface area contributed by atoms with Gasteiger partial charge in [0, 0.05) is 24.9 Å². The van der Waals surface area contributed by atoms with Gasteiger partial charge < -0.3 is 10.5 Å². The van der Waals surface area contributed by atoms with E-state index < -0.39 is 10.2 Å². The van der Waals surface area contributed by atoms with Gasteiger partial charge in [0.2, 0.25) is 0 Å². The van der Waals surface area contributed by atoms with Gasteiger partial charge in [0.15, 0.2) is 0 Å². The molecule has 1 aromatic rings. The molecule has 0 bridgehead atoms. The summed E-state index contributed by atoms with van der Waals surface area (Å²) in [4.78, 5) is 0. The van der Waals surface area contributed by atoms with Crippen molar-refractivity contribution < 1.29 is 13.2 Å². The van der Waals surface area contributed by atoms with E-state index in [0.717, 1.165) is 5.56 Å². The smallest absolute Gasteiger partial charge is 0.299 e. The summed E-state index contributed by atoms with van der Waals surface area (Å²) in [5, 5.41) is 0. The summed E-state index contributed by atoms with van der Waals surface area (Å²) in [6.45, 7) is 0.818. The monoisotopic (exact) mass is 283 g/mol. The summed E-state index contributed by atoms with van der Waals surface area (Å²) < 4.78 is 32.7. The van der Waals surface area contributed by atoms with E-state index in [1.54, 1.807) is 24.3 Å². The second-order valence-electron chi connectivity index (χ2n) is 3.58. The quantitative estimate of drug-likeness (QED) is 0.501. The molecule has 0 fully saturated rings. The Morgan fingerprint density at radius 1 is 1.32 bits per heavy atom. The van der Waals surface area contributed by atoms with E-state index in [2.05, 4.69) is 21.3 Å². The average molecular weight is 283 g/mol. The van der Waals surface area contributed by atoms with Crippen LogP contribution in [0.15, 0.2) is 24.3 Å². The highest BCUT2D eigenvalue weighted by molar-refractivity contribution is 7.90. The minimum absolute atomic E-state index is 0.214. The number of nitrogens with two attached hydrogens (primary N) is 1. The average Bonchev–Trinajstić information content (AvgIpc) is 2.38. The molecule has 7 heteroatoms. The van der Waals surface area contributed by atoms with Crippen LogP contribution in [0.2, 0.25) is 0 Å². The van der Waals surface area contributed by atoms with E-state index in [1.807, 2.05) is 0 Å². The van der Waals surface area contributed by atoms with Gasteiger partial charge in [-0.05, 0) is 24.3 Å². The molecule has 6 nitrogen and oxygen atoms in total. The molecule has 104 valence electrons. The zero-order chi connectivity index (χ0) is 14.1. The van der Waals surface area contributed by atoms with E-state index in [4.69, 9.17) is 10.5 Å². The van der Waals surface area contributed by atoms with Crippen LogP contribution in [-0.4, -0.2) is 35.2 Å². The van der Waals surface area contributed by atoms with E-state index in [9.17, 15) is 8.42 Å². The molecular weight excluding hydrogens is 266 g/mol. The molecule has 0 aliphatic heterocycles. The molecule has 4 N–H and O–H groups in total. The van der Waals surface area contributed by atoms with E-state index in [1.165, 1.54) is 7.11 Å². The van der Waals surface area contributed by atoms with Crippen LogP contribution in [0.25, 0.3) is 0 Å². The lowest BCUT2D eigenvalue weighted by Gasteiger charge is -2.08. The van der Waals surface area contributed by atoms with Gasteiger partial charge in [-0.15, -0.1) is 0 Å². The zero-order valence-corrected chi connectivity index (χ0v) is 11.5. The van der Waals surface area contributed by atoms with Gasteiger partial charge in [-0.1, -0.05) is 11.8 Å². The van der Waals surface area contributed by atoms with Gasteiger partial charge >= 0.3 is 0 Å². The van der Waals surface area contributed by atoms with Gasteiger partial charge in [-0.2, -0.15) is 13.1 Å². The Labute approximate surface area is 113 Å². The standard InChI is InChI=1S/C12H17N3O3S/c1-18-10-9-14-19(16,17)15-12-6-4-11(5-7-12)3-2-8-13/h4-7,14-15H,8-10,13H2,1H3. The molecule has 0 aromatic heterocycles. The first-order valence-corrected chi connectivity index (χ1v) is 7.11. The topological polar surface area (TPSA) is 93.4 Å². The molecule has 1 rings (SSSR count). The molecule has 0 aliphatic carbocycles. The van der Waals surface area contributed by atoms with Crippen molar-refractivity contribution in [1.29, 1.82) is 0 Å². The van der Waals surface area contributed by atoms with Crippen molar-refractivity contribution in [3.63, 3.8) is 0 Å². The number of ether oxygens (including phenoxy) is 1. The molecule has 0 saturated carbocycles. The summed E-state index contributed by atoms with van der Waals surface area (Å²) >= 11 is 0. The number of anilines is 1. The third-order valence-corrected chi connectivity index (χ3v) is 3.16. The number of rotatable bonds is 6. The first kappa shape index (κ1) is 15.5. The predicted octanol–water partition coefficient (Wildman–Crippen LogP) is -0.110. The van der Waals surface area contributed by atoms with Crippen LogP contribution in [0.5, 0.6) is 0 Å². The summed E-state index contributed by atoms with van der Waals surface area (Å²) in [6, 6.07) is 6.71. The van der Waals surface area contributed by atoms with Crippen LogP contribution in [0.3, 0.4) is 0 Å². The number of benzene rings is 1. The van der Waals surface area contributed by atoms with Crippen LogP contribution in [-0.2, 0) is 14.9 Å². The minimum atomic E-state index is -3.57. The van der Waals surface area contributed by atoms with Crippen LogP contribution < -0.4 is 15.2 Å². The second kappa shape index (κ2) is 7.76. The molecule has 0 atom stereocenters. The Balaban J connectivity index is 2.62. The fraction of sp³-hybridized carbons (Fsp3) is 0.333.